The number of guanidine groups is 1. The summed E-state index contributed by atoms with van der Waals surface area (Å²) in [5, 5.41) is 16.3. The minimum atomic E-state index is -1.07. The molecule has 1 aromatic carbocycles. The molecule has 3 amide bonds. The number of nitrogens with zero attached hydrogens (tertiary/aromatic N) is 3. The zero-order valence-electron chi connectivity index (χ0n) is 25.5. The lowest BCUT2D eigenvalue weighted by molar-refractivity contribution is -0.123. The van der Waals surface area contributed by atoms with Gasteiger partial charge in [0.15, 0.2) is 11.0 Å². The van der Waals surface area contributed by atoms with Crippen LogP contribution in [0.3, 0.4) is 0 Å². The Labute approximate surface area is 255 Å². The van der Waals surface area contributed by atoms with E-state index >= 15 is 0 Å². The van der Waals surface area contributed by atoms with E-state index < -0.39 is 40.8 Å². The van der Waals surface area contributed by atoms with E-state index in [0.29, 0.717) is 23.7 Å². The normalized spacial score (nSPS) is 11.3. The zero-order chi connectivity index (χ0) is 32.4. The molecule has 4 N–H and O–H groups in total. The third-order valence-electron chi connectivity index (χ3n) is 5.24. The standard InChI is InChI=1S/C28H40ClN7O7/c1-18-21(29)33-22(32-14-13-19-11-9-8-10-12-19)23(38)35(18)17-20(37)31-15-16-41-36(26(40)43-28(5,6)7)24(30)34-25(39)42-27(2,3)4/h8-12H,13-17H2,1-7H3,(H,31,37)(H,32,33)(H2,30,34,39). The van der Waals surface area contributed by atoms with Crippen molar-refractivity contribution in [1.29, 1.82) is 5.41 Å². The Morgan fingerprint density at radius 1 is 1.02 bits per heavy atom. The van der Waals surface area contributed by atoms with Gasteiger partial charge in [-0.15, -0.1) is 5.06 Å². The Kier molecular flexibility index (Phi) is 12.5. The first-order chi connectivity index (χ1) is 20.0. The van der Waals surface area contributed by atoms with E-state index in [0.717, 1.165) is 5.56 Å². The SMILES string of the molecule is Cc1c(Cl)nc(NCCc2ccccc2)c(=O)n1CC(=O)NCCON(C(=N)NC(=O)OC(C)(C)C)C(=O)OC(C)(C)C. The summed E-state index contributed by atoms with van der Waals surface area (Å²) in [5.41, 5.74) is -0.893. The van der Waals surface area contributed by atoms with Crippen LogP contribution in [0.2, 0.25) is 5.15 Å². The van der Waals surface area contributed by atoms with Gasteiger partial charge in [0.2, 0.25) is 11.9 Å². The van der Waals surface area contributed by atoms with E-state index in [2.05, 4.69) is 20.9 Å². The second-order valence-corrected chi connectivity index (χ2v) is 11.7. The Hall–Kier alpha value is -4.17. The first-order valence-corrected chi connectivity index (χ1v) is 13.9. The van der Waals surface area contributed by atoms with E-state index in [1.807, 2.05) is 30.3 Å². The molecule has 0 saturated heterocycles. The zero-order valence-corrected chi connectivity index (χ0v) is 26.3. The lowest BCUT2D eigenvalue weighted by atomic mass is 10.1. The highest BCUT2D eigenvalue weighted by Gasteiger charge is 2.29. The van der Waals surface area contributed by atoms with Gasteiger partial charge in [0.25, 0.3) is 5.56 Å². The van der Waals surface area contributed by atoms with Gasteiger partial charge in [0.05, 0.1) is 12.3 Å². The molecular formula is C28H40ClN7O7. The quantitative estimate of drug-likeness (QED) is 0.134. The molecule has 0 atom stereocenters. The van der Waals surface area contributed by atoms with Crippen LogP contribution in [0.15, 0.2) is 35.1 Å². The van der Waals surface area contributed by atoms with Crippen molar-refractivity contribution in [2.75, 3.05) is 25.0 Å². The minimum Gasteiger partial charge on any atom is -0.444 e. The number of carbonyl (C=O) groups excluding carboxylic acids is 3. The van der Waals surface area contributed by atoms with Gasteiger partial charge in [-0.1, -0.05) is 41.9 Å². The number of carbonyl (C=O) groups is 3. The Balaban J connectivity index is 1.99. The predicted molar refractivity (Wildman–Crippen MR) is 161 cm³/mol. The van der Waals surface area contributed by atoms with Crippen molar-refractivity contribution in [1.82, 2.24) is 25.2 Å². The van der Waals surface area contributed by atoms with Gasteiger partial charge in [0, 0.05) is 13.1 Å². The molecule has 15 heteroatoms. The highest BCUT2D eigenvalue weighted by Crippen LogP contribution is 2.13. The molecule has 0 saturated carbocycles. The molecule has 1 heterocycles. The lowest BCUT2D eigenvalue weighted by Crippen LogP contribution is -2.50. The number of alkyl carbamates (subject to hydrolysis) is 1. The Morgan fingerprint density at radius 2 is 1.65 bits per heavy atom. The van der Waals surface area contributed by atoms with Crippen LogP contribution >= 0.6 is 11.6 Å². The van der Waals surface area contributed by atoms with Gasteiger partial charge >= 0.3 is 12.2 Å². The molecule has 0 bridgehead atoms. The third kappa shape index (κ3) is 12.3. The summed E-state index contributed by atoms with van der Waals surface area (Å²) in [6.45, 7) is 11.0. The summed E-state index contributed by atoms with van der Waals surface area (Å²) in [4.78, 5) is 59.9. The van der Waals surface area contributed by atoms with Crippen LogP contribution in [0.25, 0.3) is 0 Å². The van der Waals surface area contributed by atoms with Crippen molar-refractivity contribution >= 4 is 41.5 Å². The monoisotopic (exact) mass is 621 g/mol. The maximum atomic E-state index is 13.0. The fourth-order valence-corrected chi connectivity index (χ4v) is 3.57. The topological polar surface area (TPSA) is 177 Å². The number of ether oxygens (including phenoxy) is 2. The number of amides is 3. The van der Waals surface area contributed by atoms with Crippen molar-refractivity contribution in [2.45, 2.75) is 72.6 Å². The highest BCUT2D eigenvalue weighted by molar-refractivity contribution is 6.30. The maximum Gasteiger partial charge on any atom is 0.442 e. The van der Waals surface area contributed by atoms with Crippen molar-refractivity contribution in [2.24, 2.45) is 0 Å². The second kappa shape index (κ2) is 15.3. The van der Waals surface area contributed by atoms with Crippen molar-refractivity contribution in [3.8, 4) is 0 Å². The average Bonchev–Trinajstić information content (AvgIpc) is 2.87. The lowest BCUT2D eigenvalue weighted by Gasteiger charge is -2.27. The van der Waals surface area contributed by atoms with Crippen LogP contribution in [0.1, 0.15) is 52.8 Å². The largest absolute Gasteiger partial charge is 0.444 e. The molecule has 0 radical (unpaired) electrons. The molecule has 0 aliphatic rings. The summed E-state index contributed by atoms with van der Waals surface area (Å²) in [6, 6.07) is 9.70. The molecule has 2 aromatic rings. The van der Waals surface area contributed by atoms with Gasteiger partial charge < -0.3 is 20.1 Å². The molecule has 2 rings (SSSR count). The summed E-state index contributed by atoms with van der Waals surface area (Å²) in [7, 11) is 0. The van der Waals surface area contributed by atoms with E-state index in [9.17, 15) is 19.2 Å². The number of aromatic nitrogens is 2. The summed E-state index contributed by atoms with van der Waals surface area (Å²) < 4.78 is 11.5. The van der Waals surface area contributed by atoms with E-state index in [1.54, 1.807) is 48.5 Å². The molecule has 0 unspecified atom stereocenters. The number of hydroxylamine groups is 2. The number of hydrogen-bond acceptors (Lipinski definition) is 10. The number of rotatable bonds is 10. The number of anilines is 1. The summed E-state index contributed by atoms with van der Waals surface area (Å²) in [6.07, 6.45) is -1.39. The number of halogens is 1. The predicted octanol–water partition coefficient (Wildman–Crippen LogP) is 3.60. The van der Waals surface area contributed by atoms with Gasteiger partial charge in [-0.05, 0) is 60.5 Å². The average molecular weight is 622 g/mol. The van der Waals surface area contributed by atoms with Gasteiger partial charge in [-0.25, -0.2) is 14.6 Å². The molecular weight excluding hydrogens is 582 g/mol. The van der Waals surface area contributed by atoms with Crippen LogP contribution in [0, 0.1) is 12.3 Å². The van der Waals surface area contributed by atoms with E-state index in [1.165, 1.54) is 4.57 Å². The molecule has 0 spiro atoms. The van der Waals surface area contributed by atoms with Crippen molar-refractivity contribution in [3.63, 3.8) is 0 Å². The van der Waals surface area contributed by atoms with E-state index in [-0.39, 0.29) is 30.7 Å². The van der Waals surface area contributed by atoms with E-state index in [4.69, 9.17) is 31.3 Å². The molecule has 43 heavy (non-hydrogen) atoms. The van der Waals surface area contributed by atoms with Crippen LogP contribution < -0.4 is 21.5 Å². The number of hydrogen-bond donors (Lipinski definition) is 4. The molecule has 0 aliphatic heterocycles. The fourth-order valence-electron chi connectivity index (χ4n) is 3.38. The summed E-state index contributed by atoms with van der Waals surface area (Å²) in [5.74, 6) is -1.28. The summed E-state index contributed by atoms with van der Waals surface area (Å²) >= 11 is 6.24. The van der Waals surface area contributed by atoms with Crippen molar-refractivity contribution in [3.05, 3.63) is 57.1 Å². The van der Waals surface area contributed by atoms with Gasteiger partial charge in [-0.3, -0.25) is 29.7 Å². The van der Waals surface area contributed by atoms with Crippen LogP contribution in [0.5, 0.6) is 0 Å². The van der Waals surface area contributed by atoms with Gasteiger partial charge in [-0.2, -0.15) is 0 Å². The van der Waals surface area contributed by atoms with Crippen LogP contribution in [0.4, 0.5) is 15.4 Å². The van der Waals surface area contributed by atoms with Crippen LogP contribution in [-0.2, 0) is 32.1 Å². The molecule has 236 valence electrons. The highest BCUT2D eigenvalue weighted by atomic mass is 35.5. The Morgan fingerprint density at radius 3 is 2.26 bits per heavy atom. The van der Waals surface area contributed by atoms with Crippen molar-refractivity contribution < 1.29 is 28.7 Å². The second-order valence-electron chi connectivity index (χ2n) is 11.3. The molecule has 14 nitrogen and oxygen atoms in total. The molecule has 1 aromatic heterocycles. The maximum absolute atomic E-state index is 13.0. The molecule has 0 aliphatic carbocycles. The number of benzene rings is 1. The van der Waals surface area contributed by atoms with Crippen LogP contribution in [-0.4, -0.2) is 69.6 Å². The molecule has 0 fully saturated rings. The minimum absolute atomic E-state index is 0.0201. The first-order valence-electron chi connectivity index (χ1n) is 13.5. The van der Waals surface area contributed by atoms with Gasteiger partial charge in [0.1, 0.15) is 17.7 Å². The fraction of sp³-hybridized carbons (Fsp3) is 0.500. The Bertz CT molecular complexity index is 1350. The third-order valence-corrected chi connectivity index (χ3v) is 5.60. The smallest absolute Gasteiger partial charge is 0.442 e. The number of nitrogens with one attached hydrogen (secondary N) is 4. The first kappa shape index (κ1) is 35.0.